The number of hydrogen-bond donors (Lipinski definition) is 2. The van der Waals surface area contributed by atoms with Crippen molar-refractivity contribution in [1.29, 1.82) is 0 Å². The Morgan fingerprint density at radius 1 is 1.47 bits per heavy atom. The quantitative estimate of drug-likeness (QED) is 0.753. The highest BCUT2D eigenvalue weighted by Crippen LogP contribution is 2.18. The fourth-order valence-corrected chi connectivity index (χ4v) is 2.80. The molecule has 1 saturated heterocycles. The predicted molar refractivity (Wildman–Crippen MR) is 73.4 cm³/mol. The number of benzene rings is 1. The average Bonchev–Trinajstić information content (AvgIpc) is 2.32. The Balaban J connectivity index is 1.98. The largest absolute Gasteiger partial charge is 0.399 e. The number of urea groups is 1. The number of nitrogen functional groups attached to an aromatic ring is 1. The van der Waals surface area contributed by atoms with Crippen molar-refractivity contribution in [3.63, 3.8) is 0 Å². The number of nitrogens with one attached hydrogen (secondary N) is 1. The maximum Gasteiger partial charge on any atom is 0.322 e. The molecule has 0 aliphatic carbocycles. The topological polar surface area (TPSA) is 58.4 Å². The van der Waals surface area contributed by atoms with E-state index in [-0.39, 0.29) is 6.03 Å². The van der Waals surface area contributed by atoms with E-state index >= 15 is 0 Å². The molecule has 0 aromatic heterocycles. The van der Waals surface area contributed by atoms with Crippen LogP contribution in [-0.2, 0) is 0 Å². The van der Waals surface area contributed by atoms with E-state index in [4.69, 9.17) is 5.73 Å². The molecule has 92 valence electrons. The smallest absolute Gasteiger partial charge is 0.322 e. The lowest BCUT2D eigenvalue weighted by molar-refractivity contribution is 0.200. The molecule has 1 fully saturated rings. The SMILES string of the molecule is CC1CSCCN1C(=O)Nc1ccc(N)cc1. The summed E-state index contributed by atoms with van der Waals surface area (Å²) in [5, 5.41) is 2.89. The molecule has 1 aromatic carbocycles. The molecule has 1 aromatic rings. The van der Waals surface area contributed by atoms with Gasteiger partial charge in [0.15, 0.2) is 0 Å². The molecule has 1 atom stereocenters. The van der Waals surface area contributed by atoms with E-state index in [1.54, 1.807) is 12.1 Å². The summed E-state index contributed by atoms with van der Waals surface area (Å²) in [7, 11) is 0. The number of hydrogen-bond acceptors (Lipinski definition) is 3. The van der Waals surface area contributed by atoms with E-state index in [0.29, 0.717) is 11.7 Å². The lowest BCUT2D eigenvalue weighted by Crippen LogP contribution is -2.46. The first-order valence-corrected chi connectivity index (χ1v) is 6.83. The van der Waals surface area contributed by atoms with E-state index in [1.165, 1.54) is 0 Å². The van der Waals surface area contributed by atoms with Gasteiger partial charge in [0, 0.05) is 35.5 Å². The number of nitrogens with zero attached hydrogens (tertiary/aromatic N) is 1. The predicted octanol–water partition coefficient (Wildman–Crippen LogP) is 2.24. The van der Waals surface area contributed by atoms with Crippen molar-refractivity contribution in [1.82, 2.24) is 4.90 Å². The van der Waals surface area contributed by atoms with Crippen LogP contribution in [0.5, 0.6) is 0 Å². The molecule has 2 amide bonds. The average molecular weight is 251 g/mol. The van der Waals surface area contributed by atoms with Gasteiger partial charge < -0.3 is 16.0 Å². The Morgan fingerprint density at radius 2 is 2.18 bits per heavy atom. The van der Waals surface area contributed by atoms with Crippen LogP contribution in [0.2, 0.25) is 0 Å². The zero-order valence-corrected chi connectivity index (χ0v) is 10.7. The van der Waals surface area contributed by atoms with Crippen LogP contribution in [0.3, 0.4) is 0 Å². The first-order valence-electron chi connectivity index (χ1n) is 5.68. The van der Waals surface area contributed by atoms with Gasteiger partial charge in [-0.3, -0.25) is 0 Å². The number of amides is 2. The third kappa shape index (κ3) is 3.06. The van der Waals surface area contributed by atoms with Gasteiger partial charge in [-0.05, 0) is 31.2 Å². The zero-order chi connectivity index (χ0) is 12.3. The van der Waals surface area contributed by atoms with Gasteiger partial charge in [0.25, 0.3) is 0 Å². The number of anilines is 2. The number of rotatable bonds is 1. The van der Waals surface area contributed by atoms with Crippen molar-refractivity contribution in [3.05, 3.63) is 24.3 Å². The normalized spacial score (nSPS) is 20.1. The maximum atomic E-state index is 12.0. The van der Waals surface area contributed by atoms with Gasteiger partial charge in [-0.1, -0.05) is 0 Å². The minimum absolute atomic E-state index is 0.0254. The monoisotopic (exact) mass is 251 g/mol. The molecule has 2 rings (SSSR count). The van der Waals surface area contributed by atoms with E-state index in [1.807, 2.05) is 28.8 Å². The van der Waals surface area contributed by atoms with Gasteiger partial charge in [0.05, 0.1) is 0 Å². The van der Waals surface area contributed by atoms with Crippen LogP contribution < -0.4 is 11.1 Å². The molecule has 0 saturated carbocycles. The maximum absolute atomic E-state index is 12.0. The van der Waals surface area contributed by atoms with Gasteiger partial charge in [-0.25, -0.2) is 4.79 Å². The van der Waals surface area contributed by atoms with Gasteiger partial charge in [0.1, 0.15) is 0 Å². The molecule has 4 nitrogen and oxygen atoms in total. The van der Waals surface area contributed by atoms with Crippen LogP contribution in [0.1, 0.15) is 6.92 Å². The third-order valence-electron chi connectivity index (χ3n) is 2.79. The molecule has 1 heterocycles. The molecule has 17 heavy (non-hydrogen) atoms. The van der Waals surface area contributed by atoms with Crippen LogP contribution in [0, 0.1) is 0 Å². The van der Waals surface area contributed by atoms with Crippen molar-refractivity contribution in [3.8, 4) is 0 Å². The molecule has 1 unspecified atom stereocenters. The van der Waals surface area contributed by atoms with Crippen LogP contribution >= 0.6 is 11.8 Å². The highest BCUT2D eigenvalue weighted by Gasteiger charge is 2.23. The lowest BCUT2D eigenvalue weighted by atomic mass is 10.3. The van der Waals surface area contributed by atoms with E-state index in [9.17, 15) is 4.79 Å². The summed E-state index contributed by atoms with van der Waals surface area (Å²) >= 11 is 1.89. The molecule has 0 radical (unpaired) electrons. The van der Waals surface area contributed by atoms with Crippen LogP contribution in [0.25, 0.3) is 0 Å². The summed E-state index contributed by atoms with van der Waals surface area (Å²) in [6.45, 7) is 2.89. The minimum atomic E-state index is -0.0254. The van der Waals surface area contributed by atoms with Crippen molar-refractivity contribution >= 4 is 29.2 Å². The van der Waals surface area contributed by atoms with Gasteiger partial charge in [-0.2, -0.15) is 11.8 Å². The highest BCUT2D eigenvalue weighted by atomic mass is 32.2. The summed E-state index contributed by atoms with van der Waals surface area (Å²) < 4.78 is 0. The molecule has 0 bridgehead atoms. The first kappa shape index (κ1) is 12.1. The number of nitrogens with two attached hydrogens (primary N) is 1. The van der Waals surface area contributed by atoms with E-state index in [0.717, 1.165) is 23.7 Å². The Kier molecular flexibility index (Phi) is 3.78. The summed E-state index contributed by atoms with van der Waals surface area (Å²) in [5.41, 5.74) is 7.08. The van der Waals surface area contributed by atoms with Crippen LogP contribution in [-0.4, -0.2) is 35.0 Å². The molecule has 1 aliphatic rings. The van der Waals surface area contributed by atoms with Gasteiger partial charge in [0.2, 0.25) is 0 Å². The third-order valence-corrected chi connectivity index (χ3v) is 3.98. The van der Waals surface area contributed by atoms with Crippen LogP contribution in [0.4, 0.5) is 16.2 Å². The van der Waals surface area contributed by atoms with Gasteiger partial charge in [-0.15, -0.1) is 0 Å². The van der Waals surface area contributed by atoms with Gasteiger partial charge >= 0.3 is 6.03 Å². The Morgan fingerprint density at radius 3 is 2.82 bits per heavy atom. The Labute approximate surface area is 106 Å². The summed E-state index contributed by atoms with van der Waals surface area (Å²) in [6, 6.07) is 7.47. The molecule has 5 heteroatoms. The van der Waals surface area contributed by atoms with Crippen molar-refractivity contribution in [2.45, 2.75) is 13.0 Å². The number of thioether (sulfide) groups is 1. The number of carbonyl (C=O) groups is 1. The molecule has 3 N–H and O–H groups in total. The Bertz CT molecular complexity index is 393. The molecular formula is C12H17N3OS. The second-order valence-corrected chi connectivity index (χ2v) is 5.32. The lowest BCUT2D eigenvalue weighted by Gasteiger charge is -2.33. The summed E-state index contributed by atoms with van der Waals surface area (Å²) in [5.74, 6) is 2.02. The van der Waals surface area contributed by atoms with E-state index in [2.05, 4.69) is 12.2 Å². The van der Waals surface area contributed by atoms with Crippen molar-refractivity contribution < 1.29 is 4.79 Å². The second kappa shape index (κ2) is 5.31. The second-order valence-electron chi connectivity index (χ2n) is 4.17. The van der Waals surface area contributed by atoms with Crippen LogP contribution in [0.15, 0.2) is 24.3 Å². The fraction of sp³-hybridized carbons (Fsp3) is 0.417. The van der Waals surface area contributed by atoms with Crippen molar-refractivity contribution in [2.24, 2.45) is 0 Å². The highest BCUT2D eigenvalue weighted by molar-refractivity contribution is 7.99. The molecule has 1 aliphatic heterocycles. The van der Waals surface area contributed by atoms with Crippen molar-refractivity contribution in [2.75, 3.05) is 29.1 Å². The first-order chi connectivity index (χ1) is 8.16. The summed E-state index contributed by atoms with van der Waals surface area (Å²) in [6.07, 6.45) is 0. The van der Waals surface area contributed by atoms with E-state index < -0.39 is 0 Å². The minimum Gasteiger partial charge on any atom is -0.399 e. The molecule has 0 spiro atoms. The summed E-state index contributed by atoms with van der Waals surface area (Å²) in [4.78, 5) is 13.9. The standard InChI is InChI=1S/C12H17N3OS/c1-9-8-17-7-6-15(9)12(16)14-11-4-2-10(13)3-5-11/h2-5,9H,6-8,13H2,1H3,(H,14,16). The number of carbonyl (C=O) groups excluding carboxylic acids is 1. The zero-order valence-electron chi connectivity index (χ0n) is 9.85. The fourth-order valence-electron chi connectivity index (χ4n) is 1.79. The Hall–Kier alpha value is -1.36. The molecular weight excluding hydrogens is 234 g/mol.